The molecule has 0 fully saturated rings. The maximum atomic E-state index is 6.20. The lowest BCUT2D eigenvalue weighted by atomic mass is 9.97. The average Bonchev–Trinajstić information content (AvgIpc) is 2.66. The molecular formula is C14H18ClN3. The van der Waals surface area contributed by atoms with Crippen LogP contribution in [0.2, 0.25) is 5.15 Å². The fourth-order valence-corrected chi connectivity index (χ4v) is 2.12. The molecule has 3 nitrogen and oxygen atoms in total. The minimum atomic E-state index is 0.431. The molecule has 1 aromatic carbocycles. The van der Waals surface area contributed by atoms with Gasteiger partial charge in [0.15, 0.2) is 0 Å². The Bertz CT molecular complexity index is 543. The first-order valence-electron chi connectivity index (χ1n) is 6.12. The highest BCUT2D eigenvalue weighted by atomic mass is 35.5. The van der Waals surface area contributed by atoms with Crippen molar-refractivity contribution in [3.63, 3.8) is 0 Å². The number of nitrogens with zero attached hydrogens (tertiary/aromatic N) is 2. The number of nitrogen functional groups attached to an aromatic ring is 1. The van der Waals surface area contributed by atoms with Gasteiger partial charge in [-0.3, -0.25) is 0 Å². The number of hydrogen-bond acceptors (Lipinski definition) is 2. The molecule has 0 aliphatic carbocycles. The molecule has 96 valence electrons. The average molecular weight is 264 g/mol. The Kier molecular flexibility index (Phi) is 3.62. The lowest BCUT2D eigenvalue weighted by Crippen LogP contribution is -1.96. The van der Waals surface area contributed by atoms with Crippen molar-refractivity contribution in [3.8, 4) is 11.3 Å². The maximum absolute atomic E-state index is 6.20. The second-order valence-corrected chi connectivity index (χ2v) is 4.96. The maximum Gasteiger partial charge on any atom is 0.201 e. The van der Waals surface area contributed by atoms with Crippen molar-refractivity contribution in [1.29, 1.82) is 0 Å². The van der Waals surface area contributed by atoms with Crippen LogP contribution in [0, 0.1) is 0 Å². The van der Waals surface area contributed by atoms with E-state index in [1.165, 1.54) is 5.56 Å². The van der Waals surface area contributed by atoms with E-state index in [9.17, 15) is 0 Å². The van der Waals surface area contributed by atoms with E-state index in [1.807, 2.05) is 7.05 Å². The zero-order valence-corrected chi connectivity index (χ0v) is 11.7. The first-order chi connectivity index (χ1) is 8.54. The highest BCUT2D eigenvalue weighted by Gasteiger charge is 2.13. The number of hydrogen-bond donors (Lipinski definition) is 1. The molecule has 2 N–H and O–H groups in total. The van der Waals surface area contributed by atoms with E-state index in [-0.39, 0.29) is 0 Å². The third-order valence-corrected chi connectivity index (χ3v) is 3.86. The monoisotopic (exact) mass is 263 g/mol. The van der Waals surface area contributed by atoms with Crippen LogP contribution in [0.4, 0.5) is 5.95 Å². The molecule has 2 rings (SSSR count). The Morgan fingerprint density at radius 1 is 1.33 bits per heavy atom. The molecule has 1 aromatic heterocycles. The predicted molar refractivity (Wildman–Crippen MR) is 76.8 cm³/mol. The van der Waals surface area contributed by atoms with Crippen LogP contribution in [0.3, 0.4) is 0 Å². The number of halogens is 1. The van der Waals surface area contributed by atoms with Crippen molar-refractivity contribution in [2.75, 3.05) is 5.73 Å². The van der Waals surface area contributed by atoms with Gasteiger partial charge in [0.05, 0.1) is 0 Å². The Morgan fingerprint density at radius 3 is 2.39 bits per heavy atom. The van der Waals surface area contributed by atoms with Crippen LogP contribution in [0.5, 0.6) is 0 Å². The molecule has 0 radical (unpaired) electrons. The molecule has 0 saturated heterocycles. The summed E-state index contributed by atoms with van der Waals surface area (Å²) in [7, 11) is 1.81. The number of aromatic nitrogens is 2. The van der Waals surface area contributed by atoms with Gasteiger partial charge in [0.2, 0.25) is 5.95 Å². The summed E-state index contributed by atoms with van der Waals surface area (Å²) < 4.78 is 1.68. The second-order valence-electron chi connectivity index (χ2n) is 4.60. The quantitative estimate of drug-likeness (QED) is 0.914. The topological polar surface area (TPSA) is 43.8 Å². The zero-order chi connectivity index (χ0) is 13.3. The summed E-state index contributed by atoms with van der Waals surface area (Å²) >= 11 is 6.20. The number of rotatable bonds is 3. The number of benzene rings is 1. The van der Waals surface area contributed by atoms with Crippen LogP contribution in [-0.2, 0) is 7.05 Å². The zero-order valence-electron chi connectivity index (χ0n) is 10.9. The number of imidazole rings is 1. The van der Waals surface area contributed by atoms with Gasteiger partial charge in [-0.2, -0.15) is 0 Å². The molecule has 1 atom stereocenters. The minimum absolute atomic E-state index is 0.431. The Labute approximate surface area is 113 Å². The molecule has 0 spiro atoms. The summed E-state index contributed by atoms with van der Waals surface area (Å²) in [5.74, 6) is 1.00. The van der Waals surface area contributed by atoms with E-state index in [2.05, 4.69) is 43.1 Å². The molecule has 0 aliphatic rings. The van der Waals surface area contributed by atoms with Crippen molar-refractivity contribution < 1.29 is 0 Å². The van der Waals surface area contributed by atoms with Gasteiger partial charge in [-0.1, -0.05) is 49.7 Å². The van der Waals surface area contributed by atoms with Crippen molar-refractivity contribution in [3.05, 3.63) is 35.0 Å². The van der Waals surface area contributed by atoms with Gasteiger partial charge in [-0.25, -0.2) is 4.98 Å². The molecule has 0 saturated carbocycles. The van der Waals surface area contributed by atoms with Crippen LogP contribution >= 0.6 is 11.6 Å². The number of anilines is 1. The largest absolute Gasteiger partial charge is 0.369 e. The predicted octanol–water partition coefficient (Wildman–Crippen LogP) is 3.84. The van der Waals surface area contributed by atoms with Crippen LogP contribution in [-0.4, -0.2) is 9.55 Å². The smallest absolute Gasteiger partial charge is 0.201 e. The molecule has 2 aromatic rings. The molecular weight excluding hydrogens is 246 g/mol. The fourth-order valence-electron chi connectivity index (χ4n) is 1.88. The molecule has 0 bridgehead atoms. The summed E-state index contributed by atoms with van der Waals surface area (Å²) in [5.41, 5.74) is 8.82. The highest BCUT2D eigenvalue weighted by Crippen LogP contribution is 2.30. The second kappa shape index (κ2) is 5.02. The van der Waals surface area contributed by atoms with Crippen molar-refractivity contribution in [1.82, 2.24) is 9.55 Å². The van der Waals surface area contributed by atoms with Gasteiger partial charge in [0, 0.05) is 12.6 Å². The van der Waals surface area contributed by atoms with Gasteiger partial charge < -0.3 is 10.3 Å². The number of nitrogens with two attached hydrogens (primary N) is 1. The molecule has 1 unspecified atom stereocenters. The Hall–Kier alpha value is -1.48. The third kappa shape index (κ3) is 2.23. The fraction of sp³-hybridized carbons (Fsp3) is 0.357. The molecule has 0 amide bonds. The Morgan fingerprint density at radius 2 is 1.94 bits per heavy atom. The van der Waals surface area contributed by atoms with E-state index >= 15 is 0 Å². The molecule has 0 aliphatic heterocycles. The van der Waals surface area contributed by atoms with Crippen molar-refractivity contribution >= 4 is 17.5 Å². The first-order valence-corrected chi connectivity index (χ1v) is 6.50. The Balaban J connectivity index is 2.37. The standard InChI is InChI=1S/C14H18ClN3/c1-4-9(2)10-5-7-11(8-6-10)12-13(15)18(3)14(16)17-12/h5-9H,4H2,1-3H3,(H2,16,17). The van der Waals surface area contributed by atoms with E-state index < -0.39 is 0 Å². The van der Waals surface area contributed by atoms with E-state index in [0.717, 1.165) is 17.7 Å². The van der Waals surface area contributed by atoms with E-state index in [1.54, 1.807) is 4.57 Å². The van der Waals surface area contributed by atoms with Crippen LogP contribution < -0.4 is 5.73 Å². The minimum Gasteiger partial charge on any atom is -0.369 e. The highest BCUT2D eigenvalue weighted by molar-refractivity contribution is 6.32. The first kappa shape index (κ1) is 13.0. The van der Waals surface area contributed by atoms with Crippen LogP contribution in [0.1, 0.15) is 31.7 Å². The summed E-state index contributed by atoms with van der Waals surface area (Å²) in [5, 5.41) is 0.573. The lowest BCUT2D eigenvalue weighted by Gasteiger charge is -2.09. The van der Waals surface area contributed by atoms with Gasteiger partial charge in [-0.05, 0) is 17.9 Å². The lowest BCUT2D eigenvalue weighted by molar-refractivity contribution is 0.734. The molecule has 4 heteroatoms. The van der Waals surface area contributed by atoms with Gasteiger partial charge in [0.1, 0.15) is 10.8 Å². The summed E-state index contributed by atoms with van der Waals surface area (Å²) in [4.78, 5) is 4.28. The summed E-state index contributed by atoms with van der Waals surface area (Å²) in [6, 6.07) is 8.36. The van der Waals surface area contributed by atoms with Crippen LogP contribution in [0.25, 0.3) is 11.3 Å². The summed E-state index contributed by atoms with van der Waals surface area (Å²) in [6.07, 6.45) is 1.14. The molecule has 1 heterocycles. The van der Waals surface area contributed by atoms with Gasteiger partial charge in [-0.15, -0.1) is 0 Å². The summed E-state index contributed by atoms with van der Waals surface area (Å²) in [6.45, 7) is 4.41. The molecule has 18 heavy (non-hydrogen) atoms. The van der Waals surface area contributed by atoms with Crippen molar-refractivity contribution in [2.45, 2.75) is 26.2 Å². The van der Waals surface area contributed by atoms with E-state index in [4.69, 9.17) is 17.3 Å². The van der Waals surface area contributed by atoms with Crippen LogP contribution in [0.15, 0.2) is 24.3 Å². The van der Waals surface area contributed by atoms with Gasteiger partial charge in [0.25, 0.3) is 0 Å². The van der Waals surface area contributed by atoms with E-state index in [0.29, 0.717) is 17.0 Å². The van der Waals surface area contributed by atoms with Gasteiger partial charge >= 0.3 is 0 Å². The van der Waals surface area contributed by atoms with Crippen molar-refractivity contribution in [2.24, 2.45) is 7.05 Å². The normalized spacial score (nSPS) is 12.7. The third-order valence-electron chi connectivity index (χ3n) is 3.43. The SMILES string of the molecule is CCC(C)c1ccc(-c2nc(N)n(C)c2Cl)cc1.